The highest BCUT2D eigenvalue weighted by Crippen LogP contribution is 2.35. The van der Waals surface area contributed by atoms with Crippen LogP contribution in [0.3, 0.4) is 0 Å². The highest BCUT2D eigenvalue weighted by Gasteiger charge is 2.20. The molecule has 0 bridgehead atoms. The molecule has 0 fully saturated rings. The molecule has 0 saturated carbocycles. The second-order valence-corrected chi connectivity index (χ2v) is 7.42. The number of anilines is 2. The first kappa shape index (κ1) is 19.7. The summed E-state index contributed by atoms with van der Waals surface area (Å²) in [5.41, 5.74) is 8.51. The van der Waals surface area contributed by atoms with Crippen LogP contribution in [0.2, 0.25) is 0 Å². The topological polar surface area (TPSA) is 102 Å². The predicted octanol–water partition coefficient (Wildman–Crippen LogP) is 4.24. The van der Waals surface area contributed by atoms with Gasteiger partial charge in [0.05, 0.1) is 23.9 Å². The van der Waals surface area contributed by atoms with Crippen LogP contribution >= 0.6 is 0 Å². The largest absolute Gasteiger partial charge is 0.496 e. The van der Waals surface area contributed by atoms with Crippen LogP contribution in [-0.4, -0.2) is 27.3 Å². The van der Waals surface area contributed by atoms with Gasteiger partial charge in [-0.25, -0.2) is 13.8 Å². The quantitative estimate of drug-likeness (QED) is 0.455. The Labute approximate surface area is 171 Å². The van der Waals surface area contributed by atoms with Gasteiger partial charge in [0.2, 0.25) is 5.95 Å². The molecule has 0 spiro atoms. The summed E-state index contributed by atoms with van der Waals surface area (Å²) in [5, 5.41) is 10.6. The van der Waals surface area contributed by atoms with Crippen molar-refractivity contribution in [3.63, 3.8) is 0 Å². The standard InChI is InChI=1S/C21H20F2N6O/c1-21(2,24)11-4-7-17(30-3)13(8-11)18-14-10-25-20(27-19(14)29-28-18)26-16-6-5-12(22)9-15(16)23/h4-10H,24H2,1-3H3,(H2,25,26,27,28,29). The molecule has 154 valence electrons. The van der Waals surface area contributed by atoms with Crippen molar-refractivity contribution in [3.8, 4) is 17.0 Å². The van der Waals surface area contributed by atoms with E-state index in [4.69, 9.17) is 10.5 Å². The highest BCUT2D eigenvalue weighted by molar-refractivity contribution is 5.92. The van der Waals surface area contributed by atoms with Crippen LogP contribution in [0, 0.1) is 11.6 Å². The molecule has 2 aromatic carbocycles. The van der Waals surface area contributed by atoms with Crippen molar-refractivity contribution >= 4 is 22.7 Å². The lowest BCUT2D eigenvalue weighted by Gasteiger charge is -2.21. The van der Waals surface area contributed by atoms with Gasteiger partial charge in [0.1, 0.15) is 17.4 Å². The van der Waals surface area contributed by atoms with Gasteiger partial charge < -0.3 is 15.8 Å². The maximum atomic E-state index is 13.9. The van der Waals surface area contributed by atoms with Crippen LogP contribution in [0.1, 0.15) is 19.4 Å². The average Bonchev–Trinajstić information content (AvgIpc) is 3.12. The van der Waals surface area contributed by atoms with E-state index < -0.39 is 17.2 Å². The third-order valence-corrected chi connectivity index (χ3v) is 4.70. The zero-order valence-corrected chi connectivity index (χ0v) is 16.6. The summed E-state index contributed by atoms with van der Waals surface area (Å²) in [7, 11) is 1.58. The number of nitrogens with one attached hydrogen (secondary N) is 2. The smallest absolute Gasteiger partial charge is 0.229 e. The molecule has 0 aliphatic carbocycles. The van der Waals surface area contributed by atoms with Crippen molar-refractivity contribution in [1.82, 2.24) is 20.2 Å². The van der Waals surface area contributed by atoms with Gasteiger partial charge in [-0.1, -0.05) is 6.07 Å². The van der Waals surface area contributed by atoms with Crippen LogP contribution in [0.5, 0.6) is 5.75 Å². The van der Waals surface area contributed by atoms with E-state index in [1.165, 1.54) is 6.07 Å². The Balaban J connectivity index is 1.74. The second kappa shape index (κ2) is 7.34. The van der Waals surface area contributed by atoms with Gasteiger partial charge in [-0.15, -0.1) is 0 Å². The van der Waals surface area contributed by atoms with Crippen molar-refractivity contribution in [3.05, 3.63) is 59.8 Å². The molecule has 0 amide bonds. The van der Waals surface area contributed by atoms with Crippen LogP contribution < -0.4 is 15.8 Å². The van der Waals surface area contributed by atoms with Crippen LogP contribution in [0.25, 0.3) is 22.3 Å². The SMILES string of the molecule is COc1ccc(C(C)(C)N)cc1-c1[nH]nc2nc(Nc3ccc(F)cc3F)ncc12. The Kier molecular flexibility index (Phi) is 4.83. The first-order valence-corrected chi connectivity index (χ1v) is 9.17. The molecule has 7 nitrogen and oxygen atoms in total. The Morgan fingerprint density at radius 2 is 1.93 bits per heavy atom. The average molecular weight is 410 g/mol. The normalized spacial score (nSPS) is 11.7. The number of hydrogen-bond donors (Lipinski definition) is 3. The minimum atomic E-state index is -0.743. The summed E-state index contributed by atoms with van der Waals surface area (Å²) in [6.07, 6.45) is 1.57. The van der Waals surface area contributed by atoms with Gasteiger partial charge in [-0.05, 0) is 43.7 Å². The number of hydrogen-bond acceptors (Lipinski definition) is 6. The fraction of sp³-hybridized carbons (Fsp3) is 0.190. The third kappa shape index (κ3) is 3.67. The van der Waals surface area contributed by atoms with Gasteiger partial charge in [-0.3, -0.25) is 5.10 Å². The van der Waals surface area contributed by atoms with E-state index in [9.17, 15) is 8.78 Å². The number of ether oxygens (including phenoxy) is 1. The molecule has 0 unspecified atom stereocenters. The predicted molar refractivity (Wildman–Crippen MR) is 111 cm³/mol. The lowest BCUT2D eigenvalue weighted by Crippen LogP contribution is -2.28. The maximum absolute atomic E-state index is 13.9. The summed E-state index contributed by atoms with van der Waals surface area (Å²) in [4.78, 5) is 8.56. The summed E-state index contributed by atoms with van der Waals surface area (Å²) in [5.74, 6) is -0.630. The molecule has 0 aliphatic heterocycles. The molecular weight excluding hydrogens is 390 g/mol. The van der Waals surface area contributed by atoms with Crippen molar-refractivity contribution in [1.29, 1.82) is 0 Å². The number of methoxy groups -OCH3 is 1. The molecule has 0 aliphatic rings. The van der Waals surface area contributed by atoms with Gasteiger partial charge in [0.25, 0.3) is 0 Å². The van der Waals surface area contributed by atoms with E-state index in [1.54, 1.807) is 13.3 Å². The first-order chi connectivity index (χ1) is 14.3. The zero-order chi connectivity index (χ0) is 21.5. The zero-order valence-electron chi connectivity index (χ0n) is 16.6. The molecule has 0 saturated heterocycles. The minimum Gasteiger partial charge on any atom is -0.496 e. The number of nitrogens with two attached hydrogens (primary N) is 1. The molecule has 0 atom stereocenters. The molecule has 9 heteroatoms. The number of nitrogens with zero attached hydrogens (tertiary/aromatic N) is 3. The number of halogens is 2. The molecule has 4 N–H and O–H groups in total. The van der Waals surface area contributed by atoms with E-state index in [1.807, 2.05) is 32.0 Å². The first-order valence-electron chi connectivity index (χ1n) is 9.17. The van der Waals surface area contributed by atoms with E-state index in [0.717, 1.165) is 23.3 Å². The summed E-state index contributed by atoms with van der Waals surface area (Å²) in [6.45, 7) is 3.83. The number of aromatic nitrogens is 4. The summed E-state index contributed by atoms with van der Waals surface area (Å²) in [6, 6.07) is 8.90. The van der Waals surface area contributed by atoms with Crippen molar-refractivity contribution < 1.29 is 13.5 Å². The van der Waals surface area contributed by atoms with Crippen molar-refractivity contribution in [2.75, 3.05) is 12.4 Å². The summed E-state index contributed by atoms with van der Waals surface area (Å²) < 4.78 is 32.5. The Hall–Kier alpha value is -3.59. The van der Waals surface area contributed by atoms with Crippen LogP contribution in [0.15, 0.2) is 42.6 Å². The molecule has 4 rings (SSSR count). The highest BCUT2D eigenvalue weighted by atomic mass is 19.1. The lowest BCUT2D eigenvalue weighted by molar-refractivity contribution is 0.415. The van der Waals surface area contributed by atoms with E-state index >= 15 is 0 Å². The van der Waals surface area contributed by atoms with Crippen LogP contribution in [-0.2, 0) is 5.54 Å². The number of H-pyrrole nitrogens is 1. The maximum Gasteiger partial charge on any atom is 0.229 e. The number of benzene rings is 2. The van der Waals surface area contributed by atoms with Gasteiger partial charge in [0.15, 0.2) is 5.65 Å². The van der Waals surface area contributed by atoms with Crippen LogP contribution in [0.4, 0.5) is 20.4 Å². The van der Waals surface area contributed by atoms with Gasteiger partial charge in [-0.2, -0.15) is 10.1 Å². The monoisotopic (exact) mass is 410 g/mol. The molecule has 4 aromatic rings. The second-order valence-electron chi connectivity index (χ2n) is 7.42. The Bertz CT molecular complexity index is 1230. The van der Waals surface area contributed by atoms with E-state index in [0.29, 0.717) is 22.5 Å². The van der Waals surface area contributed by atoms with Crippen molar-refractivity contribution in [2.24, 2.45) is 5.73 Å². The third-order valence-electron chi connectivity index (χ3n) is 4.70. The minimum absolute atomic E-state index is 0.0612. The molecule has 30 heavy (non-hydrogen) atoms. The molecule has 2 aromatic heterocycles. The van der Waals surface area contributed by atoms with E-state index in [-0.39, 0.29) is 11.6 Å². The Morgan fingerprint density at radius 1 is 1.13 bits per heavy atom. The van der Waals surface area contributed by atoms with E-state index in [2.05, 4.69) is 25.5 Å². The number of fused-ring (bicyclic) bond motifs is 1. The fourth-order valence-corrected chi connectivity index (χ4v) is 3.08. The molecular formula is C21H20F2N6O. The Morgan fingerprint density at radius 3 is 2.63 bits per heavy atom. The summed E-state index contributed by atoms with van der Waals surface area (Å²) >= 11 is 0. The van der Waals surface area contributed by atoms with Gasteiger partial charge in [0, 0.05) is 23.4 Å². The number of aromatic amines is 1. The number of rotatable bonds is 5. The van der Waals surface area contributed by atoms with Crippen molar-refractivity contribution in [2.45, 2.75) is 19.4 Å². The van der Waals surface area contributed by atoms with Gasteiger partial charge >= 0.3 is 0 Å². The molecule has 0 radical (unpaired) electrons. The molecule has 2 heterocycles. The lowest BCUT2D eigenvalue weighted by atomic mass is 9.92. The fourth-order valence-electron chi connectivity index (χ4n) is 3.08.